The van der Waals surface area contributed by atoms with Gasteiger partial charge in [-0.05, 0) is 42.9 Å². The molecular weight excluding hydrogens is 312 g/mol. The summed E-state index contributed by atoms with van der Waals surface area (Å²) in [5.41, 5.74) is 2.45. The first-order valence-electron chi connectivity index (χ1n) is 9.63. The predicted octanol–water partition coefficient (Wildman–Crippen LogP) is 3.27. The molecule has 0 aromatic heterocycles. The van der Waals surface area contributed by atoms with E-state index in [9.17, 15) is 4.79 Å². The molecule has 2 saturated heterocycles. The average Bonchev–Trinajstić information content (AvgIpc) is 3.02. The third kappa shape index (κ3) is 4.06. The van der Waals surface area contributed by atoms with Crippen molar-refractivity contribution in [3.8, 4) is 0 Å². The Morgan fingerprint density at radius 3 is 2.60 bits per heavy atom. The molecule has 2 heterocycles. The largest absolute Gasteiger partial charge is 0.383 e. The summed E-state index contributed by atoms with van der Waals surface area (Å²) >= 11 is 0. The molecule has 25 heavy (non-hydrogen) atoms. The number of hydrogen-bond donors (Lipinski definition) is 0. The minimum atomic E-state index is -0.149. The number of hydrogen-bond acceptors (Lipinski definition) is 3. The zero-order valence-electron chi connectivity index (χ0n) is 16.0. The van der Waals surface area contributed by atoms with Crippen molar-refractivity contribution in [2.24, 2.45) is 5.41 Å². The van der Waals surface area contributed by atoms with E-state index in [1.54, 1.807) is 7.11 Å². The van der Waals surface area contributed by atoms with Crippen LogP contribution in [0.5, 0.6) is 0 Å². The molecule has 2 aliphatic rings. The number of likely N-dealkylation sites (tertiary alicyclic amines) is 2. The maximum atomic E-state index is 13.2. The van der Waals surface area contributed by atoms with E-state index >= 15 is 0 Å². The van der Waals surface area contributed by atoms with Crippen molar-refractivity contribution < 1.29 is 9.53 Å². The number of carbonyl (C=O) groups is 1. The van der Waals surface area contributed by atoms with Gasteiger partial charge in [0.2, 0.25) is 5.91 Å². The summed E-state index contributed by atoms with van der Waals surface area (Å²) in [7, 11) is 1.74. The predicted molar refractivity (Wildman–Crippen MR) is 101 cm³/mol. The minimum absolute atomic E-state index is 0.149. The summed E-state index contributed by atoms with van der Waals surface area (Å²) in [6.07, 6.45) is 3.16. The van der Waals surface area contributed by atoms with Gasteiger partial charge in [0, 0.05) is 33.3 Å². The third-order valence-electron chi connectivity index (χ3n) is 5.89. The third-order valence-corrected chi connectivity index (χ3v) is 5.89. The second-order valence-electron chi connectivity index (χ2n) is 8.03. The molecule has 2 fully saturated rings. The monoisotopic (exact) mass is 344 g/mol. The van der Waals surface area contributed by atoms with Crippen LogP contribution < -0.4 is 0 Å². The van der Waals surface area contributed by atoms with E-state index < -0.39 is 0 Å². The first-order chi connectivity index (χ1) is 12.0. The number of amides is 1. The number of rotatable bonds is 6. The van der Waals surface area contributed by atoms with Gasteiger partial charge in [-0.1, -0.05) is 38.1 Å². The normalized spacial score (nSPS) is 24.6. The molecule has 0 unspecified atom stereocenters. The lowest BCUT2D eigenvalue weighted by molar-refractivity contribution is -0.146. The minimum Gasteiger partial charge on any atom is -0.383 e. The Morgan fingerprint density at radius 2 is 1.92 bits per heavy atom. The van der Waals surface area contributed by atoms with Crippen molar-refractivity contribution in [2.75, 3.05) is 39.9 Å². The van der Waals surface area contributed by atoms with Crippen LogP contribution in [-0.4, -0.2) is 55.6 Å². The number of nitrogens with zero attached hydrogens (tertiary/aromatic N) is 2. The number of carbonyl (C=O) groups excluding carboxylic acids is 1. The quantitative estimate of drug-likeness (QED) is 0.794. The summed E-state index contributed by atoms with van der Waals surface area (Å²) in [6, 6.07) is 8.77. The molecule has 1 atom stereocenters. The molecule has 4 heteroatoms. The van der Waals surface area contributed by atoms with Gasteiger partial charge in [-0.15, -0.1) is 0 Å². The Morgan fingerprint density at radius 1 is 1.16 bits per heavy atom. The second-order valence-corrected chi connectivity index (χ2v) is 8.03. The van der Waals surface area contributed by atoms with E-state index in [-0.39, 0.29) is 5.41 Å². The molecule has 1 spiro atoms. The molecule has 0 radical (unpaired) electrons. The first-order valence-corrected chi connectivity index (χ1v) is 9.63. The molecule has 0 bridgehead atoms. The van der Waals surface area contributed by atoms with Gasteiger partial charge in [0.15, 0.2) is 0 Å². The van der Waals surface area contributed by atoms with Gasteiger partial charge in [-0.3, -0.25) is 9.69 Å². The SMILES string of the molecule is COCCN1CC[C@]2(CCCN(Cc3ccc(C(C)C)cc3)C2=O)C1. The molecule has 138 valence electrons. The van der Waals surface area contributed by atoms with Gasteiger partial charge in [0.1, 0.15) is 0 Å². The summed E-state index contributed by atoms with van der Waals surface area (Å²) in [5.74, 6) is 0.914. The van der Waals surface area contributed by atoms with E-state index in [2.05, 4.69) is 47.9 Å². The Hall–Kier alpha value is -1.39. The van der Waals surface area contributed by atoms with Gasteiger partial charge < -0.3 is 9.64 Å². The zero-order chi connectivity index (χ0) is 17.9. The summed E-state index contributed by atoms with van der Waals surface area (Å²) in [6.45, 7) is 9.66. The van der Waals surface area contributed by atoms with Crippen molar-refractivity contribution >= 4 is 5.91 Å². The first kappa shape index (κ1) is 18.4. The fraction of sp³-hybridized carbons (Fsp3) is 0.667. The number of methoxy groups -OCH3 is 1. The highest BCUT2D eigenvalue weighted by molar-refractivity contribution is 5.84. The molecular formula is C21H32N2O2. The molecule has 1 aromatic rings. The fourth-order valence-electron chi connectivity index (χ4n) is 4.28. The van der Waals surface area contributed by atoms with Gasteiger partial charge in [-0.25, -0.2) is 0 Å². The molecule has 0 aliphatic carbocycles. The maximum absolute atomic E-state index is 13.2. The molecule has 3 rings (SSSR count). The Kier molecular flexibility index (Phi) is 5.80. The Bertz CT molecular complexity index is 584. The van der Waals surface area contributed by atoms with Gasteiger partial charge in [-0.2, -0.15) is 0 Å². The Balaban J connectivity index is 1.64. The molecule has 1 aromatic carbocycles. The maximum Gasteiger partial charge on any atom is 0.230 e. The van der Waals surface area contributed by atoms with Crippen LogP contribution in [0.3, 0.4) is 0 Å². The zero-order valence-corrected chi connectivity index (χ0v) is 16.0. The van der Waals surface area contributed by atoms with Gasteiger partial charge in [0.05, 0.1) is 12.0 Å². The fourth-order valence-corrected chi connectivity index (χ4v) is 4.28. The van der Waals surface area contributed by atoms with Crippen LogP contribution in [-0.2, 0) is 16.1 Å². The highest BCUT2D eigenvalue weighted by Gasteiger charge is 2.47. The smallest absolute Gasteiger partial charge is 0.230 e. The number of piperidine rings is 1. The molecule has 0 N–H and O–H groups in total. The van der Waals surface area contributed by atoms with Crippen molar-refractivity contribution in [3.05, 3.63) is 35.4 Å². The summed E-state index contributed by atoms with van der Waals surface area (Å²) in [4.78, 5) is 17.7. The lowest BCUT2D eigenvalue weighted by atomic mass is 9.78. The van der Waals surface area contributed by atoms with Crippen molar-refractivity contribution in [3.63, 3.8) is 0 Å². The Labute approximate surface area is 152 Å². The van der Waals surface area contributed by atoms with Crippen molar-refractivity contribution in [1.82, 2.24) is 9.80 Å². The second kappa shape index (κ2) is 7.88. The summed E-state index contributed by atoms with van der Waals surface area (Å²) < 4.78 is 5.20. The molecule has 0 saturated carbocycles. The van der Waals surface area contributed by atoms with E-state index in [1.165, 1.54) is 11.1 Å². The van der Waals surface area contributed by atoms with E-state index in [4.69, 9.17) is 4.74 Å². The highest BCUT2D eigenvalue weighted by Crippen LogP contribution is 2.40. The average molecular weight is 344 g/mol. The van der Waals surface area contributed by atoms with Crippen molar-refractivity contribution in [1.29, 1.82) is 0 Å². The van der Waals surface area contributed by atoms with Crippen molar-refractivity contribution in [2.45, 2.75) is 45.6 Å². The van der Waals surface area contributed by atoms with Crippen LogP contribution in [0.4, 0.5) is 0 Å². The highest BCUT2D eigenvalue weighted by atomic mass is 16.5. The number of benzene rings is 1. The molecule has 2 aliphatic heterocycles. The van der Waals surface area contributed by atoms with Gasteiger partial charge >= 0.3 is 0 Å². The van der Waals surface area contributed by atoms with E-state index in [0.717, 1.165) is 58.6 Å². The molecule has 1 amide bonds. The van der Waals surface area contributed by atoms with Crippen LogP contribution >= 0.6 is 0 Å². The topological polar surface area (TPSA) is 32.8 Å². The van der Waals surface area contributed by atoms with Crippen LogP contribution in [0.1, 0.15) is 50.2 Å². The van der Waals surface area contributed by atoms with Crippen LogP contribution in [0, 0.1) is 5.41 Å². The lowest BCUT2D eigenvalue weighted by Gasteiger charge is -2.39. The van der Waals surface area contributed by atoms with Gasteiger partial charge in [0.25, 0.3) is 0 Å². The van der Waals surface area contributed by atoms with Crippen LogP contribution in [0.25, 0.3) is 0 Å². The standard InChI is InChI=1S/C21H32N2O2/c1-17(2)19-7-5-18(6-8-19)15-23-11-4-9-21(20(23)24)10-12-22(16-21)13-14-25-3/h5-8,17H,4,9-16H2,1-3H3/t21-/m1/s1. The van der Waals surface area contributed by atoms with E-state index in [1.807, 2.05) is 0 Å². The lowest BCUT2D eigenvalue weighted by Crippen LogP contribution is -2.49. The summed E-state index contributed by atoms with van der Waals surface area (Å²) in [5, 5.41) is 0. The van der Waals surface area contributed by atoms with E-state index in [0.29, 0.717) is 11.8 Å². The van der Waals surface area contributed by atoms with Crippen LogP contribution in [0.15, 0.2) is 24.3 Å². The van der Waals surface area contributed by atoms with Crippen LogP contribution in [0.2, 0.25) is 0 Å². The molecule has 4 nitrogen and oxygen atoms in total. The number of ether oxygens (including phenoxy) is 1.